The summed E-state index contributed by atoms with van der Waals surface area (Å²) in [7, 11) is 1.41. The van der Waals surface area contributed by atoms with E-state index in [0.29, 0.717) is 17.1 Å². The van der Waals surface area contributed by atoms with Crippen LogP contribution in [0.5, 0.6) is 5.75 Å². The third kappa shape index (κ3) is 2.31. The SMILES string of the molecule is COc1ccc(-c2nnn(-c3ccccc3)c2N)cc1F. The molecular formula is C15H13FN4O. The number of nitrogens with zero attached hydrogens (tertiary/aromatic N) is 3. The molecule has 0 fully saturated rings. The van der Waals surface area contributed by atoms with E-state index in [2.05, 4.69) is 10.3 Å². The van der Waals surface area contributed by atoms with Gasteiger partial charge in [-0.25, -0.2) is 4.39 Å². The van der Waals surface area contributed by atoms with Crippen LogP contribution in [-0.2, 0) is 0 Å². The summed E-state index contributed by atoms with van der Waals surface area (Å²) >= 11 is 0. The van der Waals surface area contributed by atoms with Crippen LogP contribution in [0.15, 0.2) is 48.5 Å². The summed E-state index contributed by atoms with van der Waals surface area (Å²) < 4.78 is 20.2. The van der Waals surface area contributed by atoms with Crippen molar-refractivity contribution < 1.29 is 9.13 Å². The van der Waals surface area contributed by atoms with Crippen molar-refractivity contribution in [2.24, 2.45) is 0 Å². The van der Waals surface area contributed by atoms with E-state index in [-0.39, 0.29) is 5.75 Å². The molecule has 2 N–H and O–H groups in total. The van der Waals surface area contributed by atoms with Crippen molar-refractivity contribution >= 4 is 5.82 Å². The minimum atomic E-state index is -0.469. The lowest BCUT2D eigenvalue weighted by Crippen LogP contribution is -2.02. The molecule has 0 saturated carbocycles. The van der Waals surface area contributed by atoms with Gasteiger partial charge in [-0.15, -0.1) is 5.10 Å². The minimum absolute atomic E-state index is 0.174. The smallest absolute Gasteiger partial charge is 0.165 e. The van der Waals surface area contributed by atoms with Crippen molar-refractivity contribution in [2.45, 2.75) is 0 Å². The van der Waals surface area contributed by atoms with Crippen LogP contribution in [0.3, 0.4) is 0 Å². The van der Waals surface area contributed by atoms with E-state index in [9.17, 15) is 4.39 Å². The molecule has 2 aromatic carbocycles. The Balaban J connectivity index is 2.05. The van der Waals surface area contributed by atoms with E-state index in [1.54, 1.807) is 6.07 Å². The molecule has 0 aliphatic carbocycles. The molecule has 0 amide bonds. The largest absolute Gasteiger partial charge is 0.494 e. The summed E-state index contributed by atoms with van der Waals surface area (Å²) in [6, 6.07) is 13.9. The molecule has 1 aromatic heterocycles. The normalized spacial score (nSPS) is 10.6. The number of aromatic nitrogens is 3. The van der Waals surface area contributed by atoms with Gasteiger partial charge in [-0.2, -0.15) is 4.68 Å². The summed E-state index contributed by atoms with van der Waals surface area (Å²) in [4.78, 5) is 0. The fraction of sp³-hybridized carbons (Fsp3) is 0.0667. The van der Waals surface area contributed by atoms with Crippen LogP contribution in [0.4, 0.5) is 10.2 Å². The van der Waals surface area contributed by atoms with Crippen molar-refractivity contribution in [3.8, 4) is 22.7 Å². The third-order valence-corrected chi connectivity index (χ3v) is 3.13. The maximum Gasteiger partial charge on any atom is 0.165 e. The van der Waals surface area contributed by atoms with Gasteiger partial charge in [-0.3, -0.25) is 0 Å². The maximum atomic E-state index is 13.8. The molecule has 6 heteroatoms. The number of ether oxygens (including phenoxy) is 1. The maximum absolute atomic E-state index is 13.8. The highest BCUT2D eigenvalue weighted by Crippen LogP contribution is 2.28. The standard InChI is InChI=1S/C15H13FN4O/c1-21-13-8-7-10(9-12(13)16)14-15(17)20(19-18-14)11-5-3-2-4-6-11/h2-9H,17H2,1H3. The number of nitrogen functional groups attached to an aromatic ring is 1. The quantitative estimate of drug-likeness (QED) is 0.803. The first-order chi connectivity index (χ1) is 10.2. The Morgan fingerprint density at radius 1 is 1.14 bits per heavy atom. The molecule has 0 atom stereocenters. The molecule has 3 aromatic rings. The van der Waals surface area contributed by atoms with Crippen LogP contribution in [0, 0.1) is 5.82 Å². The fourth-order valence-electron chi connectivity index (χ4n) is 2.07. The van der Waals surface area contributed by atoms with Crippen LogP contribution >= 0.6 is 0 Å². The zero-order valence-electron chi connectivity index (χ0n) is 11.3. The summed E-state index contributed by atoms with van der Waals surface area (Å²) in [5.74, 6) is 0.0576. The predicted octanol–water partition coefficient (Wildman–Crippen LogP) is 2.66. The molecule has 3 rings (SSSR count). The number of nitrogens with two attached hydrogens (primary N) is 1. The van der Waals surface area contributed by atoms with Gasteiger partial charge < -0.3 is 10.5 Å². The Morgan fingerprint density at radius 2 is 1.90 bits per heavy atom. The van der Waals surface area contributed by atoms with Gasteiger partial charge in [0.25, 0.3) is 0 Å². The van der Waals surface area contributed by atoms with Gasteiger partial charge in [0.15, 0.2) is 17.4 Å². The molecule has 21 heavy (non-hydrogen) atoms. The molecule has 1 heterocycles. The summed E-state index contributed by atoms with van der Waals surface area (Å²) in [6.07, 6.45) is 0. The van der Waals surface area contributed by atoms with Gasteiger partial charge in [0.1, 0.15) is 5.69 Å². The molecule has 0 radical (unpaired) electrons. The second kappa shape index (κ2) is 5.24. The molecule has 0 aliphatic heterocycles. The first kappa shape index (κ1) is 13.1. The number of benzene rings is 2. The van der Waals surface area contributed by atoms with Crippen LogP contribution in [0.1, 0.15) is 0 Å². The van der Waals surface area contributed by atoms with E-state index in [0.717, 1.165) is 5.69 Å². The first-order valence-electron chi connectivity index (χ1n) is 6.31. The molecule has 0 bridgehead atoms. The van der Waals surface area contributed by atoms with Crippen molar-refractivity contribution in [3.63, 3.8) is 0 Å². The van der Waals surface area contributed by atoms with Crippen LogP contribution in [-0.4, -0.2) is 22.1 Å². The summed E-state index contributed by atoms with van der Waals surface area (Å²) in [5.41, 5.74) is 7.85. The van der Waals surface area contributed by atoms with Gasteiger partial charge in [0.05, 0.1) is 12.8 Å². The fourth-order valence-corrected chi connectivity index (χ4v) is 2.07. The number of anilines is 1. The van der Waals surface area contributed by atoms with E-state index in [1.807, 2.05) is 30.3 Å². The lowest BCUT2D eigenvalue weighted by Gasteiger charge is -2.05. The van der Waals surface area contributed by atoms with Gasteiger partial charge in [-0.05, 0) is 30.3 Å². The molecule has 5 nitrogen and oxygen atoms in total. The first-order valence-corrected chi connectivity index (χ1v) is 6.31. The Bertz CT molecular complexity index is 771. The van der Waals surface area contributed by atoms with Gasteiger partial charge in [-0.1, -0.05) is 23.4 Å². The monoisotopic (exact) mass is 284 g/mol. The highest BCUT2D eigenvalue weighted by Gasteiger charge is 2.14. The van der Waals surface area contributed by atoms with E-state index >= 15 is 0 Å². The third-order valence-electron chi connectivity index (χ3n) is 3.13. The van der Waals surface area contributed by atoms with Gasteiger partial charge in [0, 0.05) is 5.56 Å². The van der Waals surface area contributed by atoms with E-state index < -0.39 is 5.82 Å². The zero-order valence-corrected chi connectivity index (χ0v) is 11.3. The lowest BCUT2D eigenvalue weighted by atomic mass is 10.1. The number of rotatable bonds is 3. The topological polar surface area (TPSA) is 66.0 Å². The number of hydrogen-bond donors (Lipinski definition) is 1. The summed E-state index contributed by atoms with van der Waals surface area (Å²) in [5, 5.41) is 8.06. The van der Waals surface area contributed by atoms with Crippen LogP contribution < -0.4 is 10.5 Å². The molecular weight excluding hydrogens is 271 g/mol. The van der Waals surface area contributed by atoms with Gasteiger partial charge in [0.2, 0.25) is 0 Å². The Kier molecular flexibility index (Phi) is 3.27. The molecule has 0 spiro atoms. The predicted molar refractivity (Wildman–Crippen MR) is 77.7 cm³/mol. The van der Waals surface area contributed by atoms with Crippen molar-refractivity contribution in [2.75, 3.05) is 12.8 Å². The van der Waals surface area contributed by atoms with Crippen molar-refractivity contribution in [1.29, 1.82) is 0 Å². The molecule has 0 saturated heterocycles. The van der Waals surface area contributed by atoms with Crippen LogP contribution in [0.25, 0.3) is 16.9 Å². The molecule has 106 valence electrons. The Morgan fingerprint density at radius 3 is 2.57 bits per heavy atom. The van der Waals surface area contributed by atoms with Gasteiger partial charge >= 0.3 is 0 Å². The highest BCUT2D eigenvalue weighted by atomic mass is 19.1. The highest BCUT2D eigenvalue weighted by molar-refractivity contribution is 5.71. The minimum Gasteiger partial charge on any atom is -0.494 e. The average molecular weight is 284 g/mol. The van der Waals surface area contributed by atoms with E-state index in [1.165, 1.54) is 23.9 Å². The Hall–Kier alpha value is -2.89. The van der Waals surface area contributed by atoms with Crippen molar-refractivity contribution in [3.05, 3.63) is 54.3 Å². The number of halogens is 1. The van der Waals surface area contributed by atoms with Crippen molar-refractivity contribution in [1.82, 2.24) is 15.0 Å². The van der Waals surface area contributed by atoms with E-state index in [4.69, 9.17) is 10.5 Å². The summed E-state index contributed by atoms with van der Waals surface area (Å²) in [6.45, 7) is 0. The van der Waals surface area contributed by atoms with Crippen LogP contribution in [0.2, 0.25) is 0 Å². The number of methoxy groups -OCH3 is 1. The number of hydrogen-bond acceptors (Lipinski definition) is 4. The zero-order chi connectivity index (χ0) is 14.8. The lowest BCUT2D eigenvalue weighted by molar-refractivity contribution is 0.386. The Labute approximate surface area is 120 Å². The second-order valence-electron chi connectivity index (χ2n) is 4.42. The number of para-hydroxylation sites is 1. The average Bonchev–Trinajstić information content (AvgIpc) is 2.90. The second-order valence-corrected chi connectivity index (χ2v) is 4.42. The molecule has 0 aliphatic rings. The molecule has 0 unspecified atom stereocenters.